The number of aromatic nitrogens is 1. The molecule has 2 heterocycles. The molecule has 0 saturated carbocycles. The van der Waals surface area contributed by atoms with E-state index in [2.05, 4.69) is 0 Å². The second kappa shape index (κ2) is 4.52. The molecule has 0 radical (unpaired) electrons. The van der Waals surface area contributed by atoms with Crippen LogP contribution in [-0.2, 0) is 0 Å². The Kier molecular flexibility index (Phi) is 2.91. The number of β-amino-alcohol motifs (C(OH)–C–C–N with tert-alkyl or cyclic N) is 1. The van der Waals surface area contributed by atoms with Crippen molar-refractivity contribution in [3.8, 4) is 0 Å². The maximum absolute atomic E-state index is 13.9. The Bertz CT molecular complexity index is 812. The minimum Gasteiger partial charge on any atom is -0.477 e. The lowest BCUT2D eigenvalue weighted by Gasteiger charge is -2.37. The summed E-state index contributed by atoms with van der Waals surface area (Å²) < 4.78 is 27.6. The molecule has 110 valence electrons. The summed E-state index contributed by atoms with van der Waals surface area (Å²) in [5, 5.41) is 17.8. The van der Waals surface area contributed by atoms with E-state index in [0.717, 1.165) is 0 Å². The van der Waals surface area contributed by atoms with Crippen LogP contribution in [0.15, 0.2) is 23.0 Å². The minimum absolute atomic E-state index is 0.221. The summed E-state index contributed by atoms with van der Waals surface area (Å²) in [6, 6.07) is 4.00. The van der Waals surface area contributed by atoms with Gasteiger partial charge in [-0.1, -0.05) is 4.48 Å². The summed E-state index contributed by atoms with van der Waals surface area (Å²) >= 11 is 0. The maximum Gasteiger partial charge on any atom is 0.344 e. The first kappa shape index (κ1) is 13.5. The van der Waals surface area contributed by atoms with Crippen molar-refractivity contribution in [2.75, 3.05) is 18.0 Å². The fourth-order valence-corrected chi connectivity index (χ4v) is 2.35. The second-order valence-electron chi connectivity index (χ2n) is 4.84. The molecule has 6 nitrogen and oxygen atoms in total. The quantitative estimate of drug-likeness (QED) is 0.799. The standard InChI is InChI=1S/C13H10F2N2O4/c14-12-10(13(20)21)11(19)8-2-1-6(3-9(8)17(12)15)16-4-7(18)5-16/h1-3,7,18H,4-5H2,(H,20,21). The van der Waals surface area contributed by atoms with E-state index in [9.17, 15) is 23.6 Å². The molecule has 0 bridgehead atoms. The minimum atomic E-state index is -1.82. The number of nitrogens with zero attached hydrogens (tertiary/aromatic N) is 2. The molecule has 0 spiro atoms. The van der Waals surface area contributed by atoms with Gasteiger partial charge in [0.2, 0.25) is 11.4 Å². The lowest BCUT2D eigenvalue weighted by atomic mass is 10.1. The summed E-state index contributed by atoms with van der Waals surface area (Å²) in [7, 11) is 0. The topological polar surface area (TPSA) is 82.8 Å². The number of rotatable bonds is 2. The Hall–Kier alpha value is -2.48. The number of aliphatic hydroxyl groups is 1. The monoisotopic (exact) mass is 296 g/mol. The van der Waals surface area contributed by atoms with Crippen LogP contribution in [0, 0.1) is 5.95 Å². The van der Waals surface area contributed by atoms with Crippen molar-refractivity contribution in [3.63, 3.8) is 0 Å². The molecular formula is C13H10F2N2O4. The Morgan fingerprint density at radius 2 is 2.00 bits per heavy atom. The van der Waals surface area contributed by atoms with Crippen LogP contribution in [0.2, 0.25) is 0 Å². The van der Waals surface area contributed by atoms with Crippen LogP contribution >= 0.6 is 0 Å². The third-order valence-electron chi connectivity index (χ3n) is 3.48. The second-order valence-corrected chi connectivity index (χ2v) is 4.84. The van der Waals surface area contributed by atoms with Gasteiger partial charge in [-0.05, 0) is 18.2 Å². The van der Waals surface area contributed by atoms with Gasteiger partial charge in [-0.15, -0.1) is 4.79 Å². The van der Waals surface area contributed by atoms with Crippen molar-refractivity contribution < 1.29 is 23.9 Å². The Morgan fingerprint density at radius 3 is 2.57 bits per heavy atom. The molecule has 1 fully saturated rings. The first-order valence-corrected chi connectivity index (χ1v) is 6.11. The summed E-state index contributed by atoms with van der Waals surface area (Å²) in [4.78, 5) is 24.0. The van der Waals surface area contributed by atoms with Crippen molar-refractivity contribution >= 4 is 22.6 Å². The van der Waals surface area contributed by atoms with E-state index in [-0.39, 0.29) is 10.9 Å². The van der Waals surface area contributed by atoms with Crippen LogP contribution in [0.25, 0.3) is 10.9 Å². The van der Waals surface area contributed by atoms with E-state index in [0.29, 0.717) is 18.8 Å². The fourth-order valence-electron chi connectivity index (χ4n) is 2.35. The van der Waals surface area contributed by atoms with Crippen LogP contribution in [0.3, 0.4) is 0 Å². The van der Waals surface area contributed by atoms with Crippen LogP contribution < -0.4 is 10.3 Å². The van der Waals surface area contributed by atoms with Crippen molar-refractivity contribution in [2.24, 2.45) is 0 Å². The first-order valence-electron chi connectivity index (χ1n) is 6.11. The molecule has 1 saturated heterocycles. The number of aliphatic hydroxyl groups excluding tert-OH is 1. The number of hydrogen-bond acceptors (Lipinski definition) is 4. The molecule has 1 aliphatic rings. The van der Waals surface area contributed by atoms with Gasteiger partial charge in [-0.2, -0.15) is 4.39 Å². The number of carboxylic acid groups (broad SMARTS) is 1. The average Bonchev–Trinajstić information content (AvgIpc) is 2.41. The molecule has 0 atom stereocenters. The van der Waals surface area contributed by atoms with Crippen LogP contribution in [0.4, 0.5) is 14.6 Å². The zero-order valence-corrected chi connectivity index (χ0v) is 10.6. The van der Waals surface area contributed by atoms with Gasteiger partial charge < -0.3 is 15.1 Å². The van der Waals surface area contributed by atoms with Gasteiger partial charge in [0.05, 0.1) is 11.6 Å². The molecular weight excluding hydrogens is 286 g/mol. The molecule has 1 aromatic heterocycles. The van der Waals surface area contributed by atoms with Crippen LogP contribution in [0.1, 0.15) is 10.4 Å². The number of fused-ring (bicyclic) bond motifs is 1. The van der Waals surface area contributed by atoms with Crippen molar-refractivity contribution in [3.05, 3.63) is 39.9 Å². The van der Waals surface area contributed by atoms with E-state index >= 15 is 0 Å². The summed E-state index contributed by atoms with van der Waals surface area (Å²) in [6.45, 7) is 0.718. The average molecular weight is 296 g/mol. The van der Waals surface area contributed by atoms with Crippen molar-refractivity contribution in [1.82, 2.24) is 4.79 Å². The summed E-state index contributed by atoms with van der Waals surface area (Å²) in [6.07, 6.45) is -0.473. The zero-order chi connectivity index (χ0) is 15.3. The predicted molar refractivity (Wildman–Crippen MR) is 69.9 cm³/mol. The molecule has 2 N–H and O–H groups in total. The highest BCUT2D eigenvalue weighted by Gasteiger charge is 2.27. The summed E-state index contributed by atoms with van der Waals surface area (Å²) in [5.41, 5.74) is -2.13. The molecule has 8 heteroatoms. The highest BCUT2D eigenvalue weighted by atomic mass is 19.2. The zero-order valence-electron chi connectivity index (χ0n) is 10.6. The van der Waals surface area contributed by atoms with Gasteiger partial charge >= 0.3 is 5.97 Å². The number of benzene rings is 1. The molecule has 0 amide bonds. The van der Waals surface area contributed by atoms with E-state index in [1.54, 1.807) is 4.90 Å². The number of carboxylic acids is 1. The molecule has 3 rings (SSSR count). The molecule has 2 aromatic rings. The maximum atomic E-state index is 13.9. The molecule has 0 unspecified atom stereocenters. The van der Waals surface area contributed by atoms with E-state index in [4.69, 9.17) is 5.11 Å². The summed E-state index contributed by atoms with van der Waals surface area (Å²) in [5.74, 6) is -3.55. The highest BCUT2D eigenvalue weighted by molar-refractivity contribution is 5.93. The Morgan fingerprint density at radius 1 is 1.33 bits per heavy atom. The number of anilines is 1. The number of pyridine rings is 1. The van der Waals surface area contributed by atoms with Crippen molar-refractivity contribution in [2.45, 2.75) is 6.10 Å². The Balaban J connectivity index is 2.23. The van der Waals surface area contributed by atoms with Crippen LogP contribution in [-0.4, -0.2) is 40.2 Å². The first-order chi connectivity index (χ1) is 9.90. The number of hydrogen-bond donors (Lipinski definition) is 2. The van der Waals surface area contributed by atoms with Gasteiger partial charge in [-0.25, -0.2) is 4.79 Å². The predicted octanol–water partition coefficient (Wildman–Crippen LogP) is 0.752. The van der Waals surface area contributed by atoms with Gasteiger partial charge in [0.15, 0.2) is 5.56 Å². The van der Waals surface area contributed by atoms with Crippen LogP contribution in [0.5, 0.6) is 0 Å². The van der Waals surface area contributed by atoms with E-state index in [1.807, 2.05) is 0 Å². The third kappa shape index (κ3) is 1.95. The number of carbonyl (C=O) groups is 1. The van der Waals surface area contributed by atoms with E-state index in [1.165, 1.54) is 18.2 Å². The van der Waals surface area contributed by atoms with Gasteiger partial charge in [0.1, 0.15) is 0 Å². The highest BCUT2D eigenvalue weighted by Crippen LogP contribution is 2.25. The number of aromatic carboxylic acids is 1. The van der Waals surface area contributed by atoms with Gasteiger partial charge in [0, 0.05) is 24.2 Å². The lowest BCUT2D eigenvalue weighted by Crippen LogP contribution is -2.50. The molecule has 1 aliphatic heterocycles. The third-order valence-corrected chi connectivity index (χ3v) is 3.48. The van der Waals surface area contributed by atoms with Gasteiger partial charge in [0.25, 0.3) is 0 Å². The Labute approximate surface area is 116 Å². The fraction of sp³-hybridized carbons (Fsp3) is 0.231. The van der Waals surface area contributed by atoms with Gasteiger partial charge in [-0.3, -0.25) is 4.79 Å². The smallest absolute Gasteiger partial charge is 0.344 e. The molecule has 1 aromatic carbocycles. The molecule has 0 aliphatic carbocycles. The van der Waals surface area contributed by atoms with E-state index < -0.39 is 33.8 Å². The normalized spacial score (nSPS) is 15.3. The largest absolute Gasteiger partial charge is 0.477 e. The molecule has 21 heavy (non-hydrogen) atoms. The van der Waals surface area contributed by atoms with Crippen molar-refractivity contribution in [1.29, 1.82) is 0 Å². The lowest BCUT2D eigenvalue weighted by molar-refractivity contribution is 0.0685. The number of halogens is 2. The SMILES string of the molecule is O=C(O)c1c(F)n(F)c2cc(N3CC(O)C3)ccc2c1=O.